The van der Waals surface area contributed by atoms with Gasteiger partial charge in [-0.15, -0.1) is 0 Å². The van der Waals surface area contributed by atoms with E-state index in [0.717, 1.165) is 15.0 Å². The summed E-state index contributed by atoms with van der Waals surface area (Å²) in [6.45, 7) is 2.69. The van der Waals surface area contributed by atoms with Crippen molar-refractivity contribution in [3.8, 4) is 5.75 Å². The minimum atomic E-state index is -0.585. The van der Waals surface area contributed by atoms with Crippen molar-refractivity contribution in [1.82, 2.24) is 0 Å². The number of halogens is 2. The molecule has 0 saturated carbocycles. The summed E-state index contributed by atoms with van der Waals surface area (Å²) in [5.41, 5.74) is 2.14. The average molecular weight is 418 g/mol. The van der Waals surface area contributed by atoms with Gasteiger partial charge in [-0.3, -0.25) is 0 Å². The molecule has 0 heterocycles. The highest BCUT2D eigenvalue weighted by Crippen LogP contribution is 2.22. The van der Waals surface area contributed by atoms with E-state index in [0.29, 0.717) is 11.6 Å². The standard InChI is InChI=1S/C16H17ClINO2/c1-11-2-5-14(6-3-11)21-10-13(20)9-19-16-7-4-12(17)8-15(16)18/h2-8,13,19-20H,9-10H2,1H3. The van der Waals surface area contributed by atoms with Crippen molar-refractivity contribution in [2.45, 2.75) is 13.0 Å². The molecule has 1 unspecified atom stereocenters. The predicted octanol–water partition coefficient (Wildman–Crippen LogP) is 4.10. The maximum absolute atomic E-state index is 9.96. The van der Waals surface area contributed by atoms with Gasteiger partial charge >= 0.3 is 0 Å². The molecule has 0 fully saturated rings. The average Bonchev–Trinajstić information content (AvgIpc) is 2.46. The lowest BCUT2D eigenvalue weighted by atomic mass is 10.2. The fraction of sp³-hybridized carbons (Fsp3) is 0.250. The number of hydrogen-bond donors (Lipinski definition) is 2. The van der Waals surface area contributed by atoms with Crippen LogP contribution in [0.4, 0.5) is 5.69 Å². The predicted molar refractivity (Wildman–Crippen MR) is 95.3 cm³/mol. The topological polar surface area (TPSA) is 41.5 Å². The highest BCUT2D eigenvalue weighted by molar-refractivity contribution is 14.1. The maximum atomic E-state index is 9.96. The molecule has 0 amide bonds. The zero-order valence-corrected chi connectivity index (χ0v) is 14.6. The molecule has 2 N–H and O–H groups in total. The highest BCUT2D eigenvalue weighted by atomic mass is 127. The van der Waals surface area contributed by atoms with Crippen LogP contribution in [0.1, 0.15) is 5.56 Å². The molecular formula is C16H17ClINO2. The molecule has 5 heteroatoms. The number of aliphatic hydroxyl groups is 1. The van der Waals surface area contributed by atoms with Gasteiger partial charge in [-0.2, -0.15) is 0 Å². The van der Waals surface area contributed by atoms with Crippen LogP contribution in [-0.4, -0.2) is 24.4 Å². The molecule has 2 rings (SSSR count). The van der Waals surface area contributed by atoms with Crippen molar-refractivity contribution in [3.63, 3.8) is 0 Å². The normalized spacial score (nSPS) is 12.0. The first-order chi connectivity index (χ1) is 10.0. The van der Waals surface area contributed by atoms with Gasteiger partial charge in [0, 0.05) is 20.8 Å². The van der Waals surface area contributed by atoms with E-state index in [-0.39, 0.29) is 6.61 Å². The second-order valence-corrected chi connectivity index (χ2v) is 6.38. The van der Waals surface area contributed by atoms with Crippen LogP contribution in [-0.2, 0) is 0 Å². The van der Waals surface area contributed by atoms with E-state index >= 15 is 0 Å². The second-order valence-electron chi connectivity index (χ2n) is 4.78. The molecule has 0 aliphatic heterocycles. The SMILES string of the molecule is Cc1ccc(OCC(O)CNc2ccc(Cl)cc2I)cc1. The summed E-state index contributed by atoms with van der Waals surface area (Å²) in [6.07, 6.45) is -0.585. The van der Waals surface area contributed by atoms with Crippen LogP contribution in [0.2, 0.25) is 5.02 Å². The quantitative estimate of drug-likeness (QED) is 0.695. The number of aryl methyl sites for hydroxylation is 1. The first kappa shape index (κ1) is 16.4. The molecule has 0 aromatic heterocycles. The minimum Gasteiger partial charge on any atom is -0.491 e. The van der Waals surface area contributed by atoms with Gasteiger partial charge in [-0.25, -0.2) is 0 Å². The molecule has 21 heavy (non-hydrogen) atoms. The lowest BCUT2D eigenvalue weighted by molar-refractivity contribution is 0.117. The monoisotopic (exact) mass is 417 g/mol. The Morgan fingerprint density at radius 1 is 1.24 bits per heavy atom. The Hall–Kier alpha value is -0.980. The van der Waals surface area contributed by atoms with E-state index in [4.69, 9.17) is 16.3 Å². The van der Waals surface area contributed by atoms with Gasteiger partial charge < -0.3 is 15.2 Å². The number of aliphatic hydroxyl groups excluding tert-OH is 1. The fourth-order valence-corrected chi connectivity index (χ4v) is 2.81. The maximum Gasteiger partial charge on any atom is 0.119 e. The van der Waals surface area contributed by atoms with Gasteiger partial charge in [0.1, 0.15) is 18.5 Å². The van der Waals surface area contributed by atoms with Crippen LogP contribution < -0.4 is 10.1 Å². The molecule has 3 nitrogen and oxygen atoms in total. The van der Waals surface area contributed by atoms with Crippen molar-refractivity contribution in [3.05, 3.63) is 56.6 Å². The van der Waals surface area contributed by atoms with Crippen LogP contribution in [0.25, 0.3) is 0 Å². The smallest absolute Gasteiger partial charge is 0.119 e. The molecule has 1 atom stereocenters. The third-order valence-corrected chi connectivity index (χ3v) is 4.05. The third-order valence-electron chi connectivity index (χ3n) is 2.92. The fourth-order valence-electron chi connectivity index (χ4n) is 1.75. The van der Waals surface area contributed by atoms with Gasteiger partial charge in [-0.05, 0) is 59.8 Å². The molecule has 0 aliphatic carbocycles. The van der Waals surface area contributed by atoms with Crippen molar-refractivity contribution < 1.29 is 9.84 Å². The molecule has 0 radical (unpaired) electrons. The van der Waals surface area contributed by atoms with Crippen LogP contribution >= 0.6 is 34.2 Å². The number of benzene rings is 2. The molecule has 0 bridgehead atoms. The van der Waals surface area contributed by atoms with E-state index in [1.165, 1.54) is 5.56 Å². The molecular weight excluding hydrogens is 401 g/mol. The number of hydrogen-bond acceptors (Lipinski definition) is 3. The zero-order chi connectivity index (χ0) is 15.2. The zero-order valence-electron chi connectivity index (χ0n) is 11.6. The Bertz CT molecular complexity index is 589. The van der Waals surface area contributed by atoms with Gasteiger partial charge in [0.05, 0.1) is 0 Å². The van der Waals surface area contributed by atoms with Crippen molar-refractivity contribution in [2.75, 3.05) is 18.5 Å². The summed E-state index contributed by atoms with van der Waals surface area (Å²) < 4.78 is 6.57. The second kappa shape index (κ2) is 7.87. The van der Waals surface area contributed by atoms with Crippen molar-refractivity contribution >= 4 is 39.9 Å². The summed E-state index contributed by atoms with van der Waals surface area (Å²) in [7, 11) is 0. The lowest BCUT2D eigenvalue weighted by Gasteiger charge is -2.15. The van der Waals surface area contributed by atoms with Crippen molar-refractivity contribution in [1.29, 1.82) is 0 Å². The van der Waals surface area contributed by atoms with Crippen LogP contribution in [0.5, 0.6) is 5.75 Å². The Morgan fingerprint density at radius 3 is 2.62 bits per heavy atom. The summed E-state index contributed by atoms with van der Waals surface area (Å²) in [6, 6.07) is 13.4. The molecule has 0 saturated heterocycles. The Labute approximate surface area is 143 Å². The number of rotatable bonds is 6. The number of anilines is 1. The Morgan fingerprint density at radius 2 is 1.95 bits per heavy atom. The highest BCUT2D eigenvalue weighted by Gasteiger charge is 2.07. The van der Waals surface area contributed by atoms with Gasteiger partial charge in [0.15, 0.2) is 0 Å². The van der Waals surface area contributed by atoms with Gasteiger partial charge in [-0.1, -0.05) is 29.3 Å². The molecule has 2 aromatic rings. The van der Waals surface area contributed by atoms with E-state index in [2.05, 4.69) is 27.9 Å². The summed E-state index contributed by atoms with van der Waals surface area (Å²) in [5, 5.41) is 13.8. The van der Waals surface area contributed by atoms with E-state index in [9.17, 15) is 5.11 Å². The van der Waals surface area contributed by atoms with E-state index < -0.39 is 6.10 Å². The minimum absolute atomic E-state index is 0.250. The lowest BCUT2D eigenvalue weighted by Crippen LogP contribution is -2.26. The van der Waals surface area contributed by atoms with E-state index in [1.807, 2.05) is 49.4 Å². The van der Waals surface area contributed by atoms with Crippen LogP contribution in [0.3, 0.4) is 0 Å². The first-order valence-electron chi connectivity index (χ1n) is 6.61. The van der Waals surface area contributed by atoms with Gasteiger partial charge in [0.25, 0.3) is 0 Å². The summed E-state index contributed by atoms with van der Waals surface area (Å²) >= 11 is 8.11. The molecule has 112 valence electrons. The van der Waals surface area contributed by atoms with Crippen LogP contribution in [0.15, 0.2) is 42.5 Å². The van der Waals surface area contributed by atoms with E-state index in [1.54, 1.807) is 0 Å². The van der Waals surface area contributed by atoms with Gasteiger partial charge in [0.2, 0.25) is 0 Å². The Kier molecular flexibility index (Phi) is 6.14. The Balaban J connectivity index is 1.79. The first-order valence-corrected chi connectivity index (χ1v) is 8.07. The summed E-state index contributed by atoms with van der Waals surface area (Å²) in [4.78, 5) is 0. The summed E-state index contributed by atoms with van der Waals surface area (Å²) in [5.74, 6) is 0.765. The van der Waals surface area contributed by atoms with Crippen molar-refractivity contribution in [2.24, 2.45) is 0 Å². The van der Waals surface area contributed by atoms with Crippen LogP contribution in [0, 0.1) is 10.5 Å². The molecule has 2 aromatic carbocycles. The molecule has 0 aliphatic rings. The number of nitrogens with one attached hydrogen (secondary N) is 1. The number of ether oxygens (including phenoxy) is 1. The largest absolute Gasteiger partial charge is 0.491 e. The molecule has 0 spiro atoms. The third kappa shape index (κ3) is 5.37.